The predicted molar refractivity (Wildman–Crippen MR) is 93.8 cm³/mol. The predicted octanol–water partition coefficient (Wildman–Crippen LogP) is 2.81. The van der Waals surface area contributed by atoms with Gasteiger partial charge in [0, 0.05) is 17.8 Å². The van der Waals surface area contributed by atoms with E-state index in [1.165, 1.54) is 5.57 Å². The molecule has 3 fully saturated rings. The topological polar surface area (TPSA) is 74.6 Å². The van der Waals surface area contributed by atoms with Crippen LogP contribution in [0.5, 0.6) is 0 Å². The normalized spacial score (nSPS) is 49.0. The van der Waals surface area contributed by atoms with E-state index in [9.17, 15) is 19.8 Å². The fourth-order valence-electron chi connectivity index (χ4n) is 7.16. The van der Waals surface area contributed by atoms with Crippen LogP contribution < -0.4 is 0 Å². The first-order valence-corrected chi connectivity index (χ1v) is 9.86. The first-order chi connectivity index (χ1) is 11.8. The van der Waals surface area contributed by atoms with E-state index in [4.69, 9.17) is 0 Å². The first kappa shape index (κ1) is 17.4. The highest BCUT2D eigenvalue weighted by Gasteiger charge is 2.67. The molecule has 4 rings (SSSR count). The van der Waals surface area contributed by atoms with Crippen LogP contribution in [-0.2, 0) is 9.59 Å². The Balaban J connectivity index is 1.71. The number of fused-ring (bicyclic) bond motifs is 5. The van der Waals surface area contributed by atoms with Gasteiger partial charge in [-0.05, 0) is 68.3 Å². The van der Waals surface area contributed by atoms with Crippen LogP contribution in [0.15, 0.2) is 11.6 Å². The van der Waals surface area contributed by atoms with Crippen molar-refractivity contribution in [1.29, 1.82) is 0 Å². The van der Waals surface area contributed by atoms with Gasteiger partial charge in [0.1, 0.15) is 6.61 Å². The monoisotopic (exact) mass is 346 g/mol. The number of aliphatic hydroxyl groups is 2. The molecule has 0 saturated heterocycles. The lowest BCUT2D eigenvalue weighted by Crippen LogP contribution is -2.61. The summed E-state index contributed by atoms with van der Waals surface area (Å²) in [6.07, 6.45) is 8.37. The van der Waals surface area contributed by atoms with Crippen molar-refractivity contribution < 1.29 is 19.8 Å². The number of carbonyl (C=O) groups excluding carboxylic acids is 2. The summed E-state index contributed by atoms with van der Waals surface area (Å²) >= 11 is 0. The van der Waals surface area contributed by atoms with Gasteiger partial charge in [0.05, 0.1) is 5.60 Å². The SMILES string of the molecule is CC12CCC(=O)C=C1CCC1C2CCC2(C)C(C(=O)CO)CCC12O. The quantitative estimate of drug-likeness (QED) is 0.806. The van der Waals surface area contributed by atoms with Gasteiger partial charge in [-0.15, -0.1) is 0 Å². The molecule has 0 radical (unpaired) electrons. The molecule has 4 nitrogen and oxygen atoms in total. The Hall–Kier alpha value is -1.00. The van der Waals surface area contributed by atoms with Crippen molar-refractivity contribution in [3.05, 3.63) is 11.6 Å². The third-order valence-electron chi connectivity index (χ3n) is 8.69. The van der Waals surface area contributed by atoms with E-state index in [0.29, 0.717) is 25.2 Å². The van der Waals surface area contributed by atoms with E-state index in [2.05, 4.69) is 13.8 Å². The molecule has 4 aliphatic rings. The molecule has 2 N–H and O–H groups in total. The number of ketones is 2. The number of carbonyl (C=O) groups is 2. The molecular formula is C21H30O4. The second kappa shape index (κ2) is 5.50. The molecule has 0 aromatic rings. The lowest BCUT2D eigenvalue weighted by atomic mass is 9.45. The van der Waals surface area contributed by atoms with Gasteiger partial charge < -0.3 is 10.2 Å². The van der Waals surface area contributed by atoms with Crippen molar-refractivity contribution in [3.8, 4) is 0 Å². The molecule has 0 amide bonds. The minimum absolute atomic E-state index is 0.0208. The van der Waals surface area contributed by atoms with E-state index in [-0.39, 0.29) is 28.8 Å². The number of hydrogen-bond acceptors (Lipinski definition) is 4. The molecule has 6 unspecified atom stereocenters. The van der Waals surface area contributed by atoms with Crippen LogP contribution in [0.3, 0.4) is 0 Å². The number of hydrogen-bond donors (Lipinski definition) is 2. The van der Waals surface area contributed by atoms with Crippen LogP contribution in [-0.4, -0.2) is 34.0 Å². The van der Waals surface area contributed by atoms with Gasteiger partial charge in [-0.2, -0.15) is 0 Å². The van der Waals surface area contributed by atoms with Crippen LogP contribution in [0.25, 0.3) is 0 Å². The standard InChI is InChI=1S/C21H30O4/c1-19-8-5-14(23)11-13(19)3-4-16-15(19)6-9-20(2)17(18(24)12-22)7-10-21(16,20)25/h11,15-17,22,25H,3-10,12H2,1-2H3. The summed E-state index contributed by atoms with van der Waals surface area (Å²) in [6.45, 7) is 3.95. The van der Waals surface area contributed by atoms with Crippen LogP contribution in [0, 0.1) is 28.6 Å². The molecule has 4 heteroatoms. The molecule has 0 spiro atoms. The van der Waals surface area contributed by atoms with Crippen molar-refractivity contribution in [1.82, 2.24) is 0 Å². The number of Topliss-reactive ketones (excluding diaryl/α,β-unsaturated/α-hetero) is 1. The fourth-order valence-corrected chi connectivity index (χ4v) is 7.16. The zero-order valence-corrected chi connectivity index (χ0v) is 15.4. The van der Waals surface area contributed by atoms with Gasteiger partial charge in [-0.25, -0.2) is 0 Å². The Kier molecular flexibility index (Phi) is 3.83. The Morgan fingerprint density at radius 2 is 1.88 bits per heavy atom. The molecular weight excluding hydrogens is 316 g/mol. The summed E-state index contributed by atoms with van der Waals surface area (Å²) in [5.41, 5.74) is 0.0721. The van der Waals surface area contributed by atoms with Gasteiger partial charge in [0.2, 0.25) is 0 Å². The Labute approximate surface area is 149 Å². The molecule has 0 aromatic heterocycles. The fraction of sp³-hybridized carbons (Fsp3) is 0.810. The molecule has 25 heavy (non-hydrogen) atoms. The summed E-state index contributed by atoms with van der Waals surface area (Å²) in [5.74, 6) is 0.503. The highest BCUT2D eigenvalue weighted by molar-refractivity contribution is 5.91. The Bertz CT molecular complexity index is 652. The first-order valence-electron chi connectivity index (χ1n) is 9.86. The smallest absolute Gasteiger partial charge is 0.161 e. The largest absolute Gasteiger partial charge is 0.389 e. The number of rotatable bonds is 2. The summed E-state index contributed by atoms with van der Waals surface area (Å²) < 4.78 is 0. The number of aliphatic hydroxyl groups excluding tert-OH is 1. The molecule has 0 bridgehead atoms. The van der Waals surface area contributed by atoms with E-state index in [1.807, 2.05) is 6.08 Å². The molecule has 0 aliphatic heterocycles. The maximum Gasteiger partial charge on any atom is 0.161 e. The van der Waals surface area contributed by atoms with E-state index >= 15 is 0 Å². The lowest BCUT2D eigenvalue weighted by Gasteiger charge is -2.61. The maximum absolute atomic E-state index is 12.3. The van der Waals surface area contributed by atoms with Crippen molar-refractivity contribution in [2.24, 2.45) is 28.6 Å². The minimum Gasteiger partial charge on any atom is -0.389 e. The maximum atomic E-state index is 12.3. The second-order valence-electron chi connectivity index (χ2n) is 9.40. The zero-order valence-electron chi connectivity index (χ0n) is 15.4. The summed E-state index contributed by atoms with van der Waals surface area (Å²) in [4.78, 5) is 24.2. The average molecular weight is 346 g/mol. The molecule has 6 atom stereocenters. The van der Waals surface area contributed by atoms with Gasteiger partial charge >= 0.3 is 0 Å². The Morgan fingerprint density at radius 1 is 1.12 bits per heavy atom. The van der Waals surface area contributed by atoms with Crippen molar-refractivity contribution in [2.45, 2.75) is 70.8 Å². The average Bonchev–Trinajstić information content (AvgIpc) is 2.86. The van der Waals surface area contributed by atoms with Crippen molar-refractivity contribution in [3.63, 3.8) is 0 Å². The summed E-state index contributed by atoms with van der Waals surface area (Å²) in [5, 5.41) is 21.2. The van der Waals surface area contributed by atoms with Crippen LogP contribution in [0.1, 0.15) is 65.2 Å². The highest BCUT2D eigenvalue weighted by atomic mass is 16.3. The van der Waals surface area contributed by atoms with Crippen LogP contribution >= 0.6 is 0 Å². The van der Waals surface area contributed by atoms with Crippen LogP contribution in [0.2, 0.25) is 0 Å². The van der Waals surface area contributed by atoms with E-state index in [0.717, 1.165) is 32.1 Å². The molecule has 0 aromatic carbocycles. The van der Waals surface area contributed by atoms with Crippen LogP contribution in [0.4, 0.5) is 0 Å². The highest BCUT2D eigenvalue weighted by Crippen LogP contribution is 2.68. The van der Waals surface area contributed by atoms with E-state index in [1.54, 1.807) is 0 Å². The third-order valence-corrected chi connectivity index (χ3v) is 8.69. The van der Waals surface area contributed by atoms with Gasteiger partial charge in [0.15, 0.2) is 11.6 Å². The molecule has 0 heterocycles. The van der Waals surface area contributed by atoms with Gasteiger partial charge in [0.25, 0.3) is 0 Å². The Morgan fingerprint density at radius 3 is 2.60 bits per heavy atom. The van der Waals surface area contributed by atoms with Gasteiger partial charge in [-0.1, -0.05) is 19.4 Å². The zero-order chi connectivity index (χ0) is 18.0. The summed E-state index contributed by atoms with van der Waals surface area (Å²) in [7, 11) is 0. The molecule has 4 aliphatic carbocycles. The minimum atomic E-state index is -0.818. The third kappa shape index (κ3) is 2.13. The number of allylic oxidation sites excluding steroid dienone is 1. The second-order valence-corrected chi connectivity index (χ2v) is 9.40. The molecule has 3 saturated carbocycles. The summed E-state index contributed by atoms with van der Waals surface area (Å²) in [6, 6.07) is 0. The van der Waals surface area contributed by atoms with Crippen molar-refractivity contribution >= 4 is 11.6 Å². The van der Waals surface area contributed by atoms with Crippen molar-refractivity contribution in [2.75, 3.05) is 6.61 Å². The lowest BCUT2D eigenvalue weighted by molar-refractivity contribution is -0.186. The molecule has 138 valence electrons. The van der Waals surface area contributed by atoms with Gasteiger partial charge in [-0.3, -0.25) is 9.59 Å². The van der Waals surface area contributed by atoms with E-state index < -0.39 is 17.6 Å².